The van der Waals surface area contributed by atoms with Crippen LogP contribution >= 0.6 is 0 Å². The van der Waals surface area contributed by atoms with Gasteiger partial charge in [-0.15, -0.1) is 6.58 Å². The standard InChI is InChI=1S/C20H24N2O2.3H2O/c1-3-13-12-22-9-7-14(13)10-19(22)20(23)16-6-8-21-18-5-4-15(24-2)11-17(16)18;;;/h3-6,8,11,13-14,19-20,23H,1,7,9-10,12H2,2H3;3*1H2/t13-,14?,19-,20+;;;/m0.../s1. The number of aromatic nitrogens is 1. The Balaban J connectivity index is 0.00000121. The Morgan fingerprint density at radius 3 is 2.70 bits per heavy atom. The highest BCUT2D eigenvalue weighted by atomic mass is 16.5. The Morgan fingerprint density at radius 1 is 1.30 bits per heavy atom. The molecule has 0 aliphatic carbocycles. The van der Waals surface area contributed by atoms with Crippen molar-refractivity contribution in [3.8, 4) is 5.75 Å². The van der Waals surface area contributed by atoms with E-state index < -0.39 is 6.10 Å². The minimum Gasteiger partial charge on any atom is -0.497 e. The first kappa shape index (κ1) is 23.0. The molecule has 0 amide bonds. The number of aliphatic hydroxyl groups excluding tert-OH is 1. The van der Waals surface area contributed by atoms with Gasteiger partial charge in [0, 0.05) is 24.2 Å². The summed E-state index contributed by atoms with van der Waals surface area (Å²) in [5.41, 5.74) is 1.85. The Kier molecular flexibility index (Phi) is 7.89. The molecular weight excluding hydrogens is 348 g/mol. The number of nitrogens with zero attached hydrogens (tertiary/aromatic N) is 2. The molecule has 7 nitrogen and oxygen atoms in total. The number of piperidine rings is 3. The minimum atomic E-state index is -0.504. The zero-order valence-corrected chi connectivity index (χ0v) is 15.6. The molecule has 0 saturated carbocycles. The van der Waals surface area contributed by atoms with Crippen molar-refractivity contribution in [1.29, 1.82) is 0 Å². The van der Waals surface area contributed by atoms with Gasteiger partial charge in [0.1, 0.15) is 5.75 Å². The maximum Gasteiger partial charge on any atom is 0.119 e. The summed E-state index contributed by atoms with van der Waals surface area (Å²) in [6, 6.07) is 7.96. The molecule has 4 heterocycles. The molecule has 5 rings (SSSR count). The maximum atomic E-state index is 11.2. The van der Waals surface area contributed by atoms with Crippen LogP contribution in [0.4, 0.5) is 0 Å². The fraction of sp³-hybridized carbons (Fsp3) is 0.450. The summed E-state index contributed by atoms with van der Waals surface area (Å²) in [5, 5.41) is 12.1. The summed E-state index contributed by atoms with van der Waals surface area (Å²) in [4.78, 5) is 6.86. The highest BCUT2D eigenvalue weighted by molar-refractivity contribution is 5.83. The van der Waals surface area contributed by atoms with Crippen LogP contribution < -0.4 is 4.74 Å². The van der Waals surface area contributed by atoms with Gasteiger partial charge in [0.15, 0.2) is 0 Å². The first-order valence-corrected chi connectivity index (χ1v) is 8.68. The molecule has 7 N–H and O–H groups in total. The third kappa shape index (κ3) is 3.97. The Labute approximate surface area is 159 Å². The van der Waals surface area contributed by atoms with E-state index in [1.54, 1.807) is 13.3 Å². The Bertz CT molecular complexity index is 769. The number of pyridine rings is 1. The highest BCUT2D eigenvalue weighted by Gasteiger charge is 2.42. The second kappa shape index (κ2) is 9.25. The Morgan fingerprint density at radius 2 is 2.07 bits per heavy atom. The van der Waals surface area contributed by atoms with Crippen LogP contribution in [0.2, 0.25) is 0 Å². The van der Waals surface area contributed by atoms with E-state index in [4.69, 9.17) is 4.74 Å². The van der Waals surface area contributed by atoms with Gasteiger partial charge in [-0.2, -0.15) is 0 Å². The molecule has 27 heavy (non-hydrogen) atoms. The fourth-order valence-electron chi connectivity index (χ4n) is 4.44. The number of rotatable bonds is 4. The average Bonchev–Trinajstić information content (AvgIpc) is 2.66. The molecule has 150 valence electrons. The number of ether oxygens (including phenoxy) is 1. The molecule has 1 aromatic carbocycles. The third-order valence-electron chi connectivity index (χ3n) is 5.82. The van der Waals surface area contributed by atoms with Gasteiger partial charge in [-0.3, -0.25) is 9.88 Å². The highest BCUT2D eigenvalue weighted by Crippen LogP contribution is 2.42. The van der Waals surface area contributed by atoms with Crippen LogP contribution in [0.15, 0.2) is 43.1 Å². The molecule has 3 fully saturated rings. The van der Waals surface area contributed by atoms with E-state index in [1.807, 2.05) is 24.3 Å². The summed E-state index contributed by atoms with van der Waals surface area (Å²) in [7, 11) is 1.66. The number of aliphatic hydroxyl groups is 1. The van der Waals surface area contributed by atoms with E-state index in [0.717, 1.165) is 41.7 Å². The van der Waals surface area contributed by atoms with Crippen LogP contribution in [0.3, 0.4) is 0 Å². The van der Waals surface area contributed by atoms with E-state index in [0.29, 0.717) is 11.8 Å². The van der Waals surface area contributed by atoms with Crippen molar-refractivity contribution in [2.24, 2.45) is 11.8 Å². The van der Waals surface area contributed by atoms with Crippen LogP contribution in [0.25, 0.3) is 10.9 Å². The van der Waals surface area contributed by atoms with E-state index in [1.165, 1.54) is 6.42 Å². The van der Waals surface area contributed by atoms with Gasteiger partial charge < -0.3 is 26.3 Å². The van der Waals surface area contributed by atoms with E-state index >= 15 is 0 Å². The van der Waals surface area contributed by atoms with Crippen molar-refractivity contribution in [3.63, 3.8) is 0 Å². The quantitative estimate of drug-likeness (QED) is 0.782. The first-order chi connectivity index (χ1) is 11.7. The van der Waals surface area contributed by atoms with Gasteiger partial charge in [-0.25, -0.2) is 0 Å². The minimum absolute atomic E-state index is 0. The zero-order valence-electron chi connectivity index (χ0n) is 15.6. The molecule has 2 aromatic rings. The smallest absolute Gasteiger partial charge is 0.119 e. The first-order valence-electron chi connectivity index (χ1n) is 8.68. The van der Waals surface area contributed by atoms with Gasteiger partial charge >= 0.3 is 0 Å². The third-order valence-corrected chi connectivity index (χ3v) is 5.82. The topological polar surface area (TPSA) is 140 Å². The van der Waals surface area contributed by atoms with Crippen LogP contribution in [0.5, 0.6) is 5.75 Å². The second-order valence-electron chi connectivity index (χ2n) is 6.97. The molecule has 0 radical (unpaired) electrons. The predicted octanol–water partition coefficient (Wildman–Crippen LogP) is 0.699. The summed E-state index contributed by atoms with van der Waals surface area (Å²) >= 11 is 0. The number of hydrogen-bond donors (Lipinski definition) is 1. The van der Waals surface area contributed by atoms with Gasteiger partial charge in [-0.05, 0) is 61.1 Å². The Hall–Kier alpha value is -2.03. The number of hydrogen-bond acceptors (Lipinski definition) is 4. The predicted molar refractivity (Wildman–Crippen MR) is 106 cm³/mol. The second-order valence-corrected chi connectivity index (χ2v) is 6.97. The van der Waals surface area contributed by atoms with E-state index in [9.17, 15) is 5.11 Å². The molecular formula is C20H30N2O5. The van der Waals surface area contributed by atoms with Crippen LogP contribution in [0, 0.1) is 11.8 Å². The maximum absolute atomic E-state index is 11.2. The van der Waals surface area contributed by atoms with Crippen molar-refractivity contribution in [3.05, 3.63) is 48.7 Å². The zero-order chi connectivity index (χ0) is 16.7. The van der Waals surface area contributed by atoms with Gasteiger partial charge in [-0.1, -0.05) is 6.08 Å². The van der Waals surface area contributed by atoms with Gasteiger partial charge in [0.25, 0.3) is 0 Å². The summed E-state index contributed by atoms with van der Waals surface area (Å²) in [6.07, 6.45) is 5.62. The number of methoxy groups -OCH3 is 1. The molecule has 3 aliphatic heterocycles. The molecule has 2 unspecified atom stereocenters. The fourth-order valence-corrected chi connectivity index (χ4v) is 4.44. The molecule has 0 spiro atoms. The van der Waals surface area contributed by atoms with Gasteiger partial charge in [0.05, 0.1) is 18.7 Å². The van der Waals surface area contributed by atoms with Crippen molar-refractivity contribution in [2.45, 2.75) is 25.0 Å². The molecule has 1 aromatic heterocycles. The normalized spacial score (nSPS) is 26.9. The average molecular weight is 378 g/mol. The largest absolute Gasteiger partial charge is 0.497 e. The van der Waals surface area contributed by atoms with Crippen molar-refractivity contribution < 1.29 is 26.3 Å². The summed E-state index contributed by atoms with van der Waals surface area (Å²) in [5.74, 6) is 2.01. The van der Waals surface area contributed by atoms with Crippen molar-refractivity contribution >= 4 is 10.9 Å². The molecule has 2 bridgehead atoms. The number of benzene rings is 1. The van der Waals surface area contributed by atoms with Crippen LogP contribution in [-0.2, 0) is 0 Å². The lowest BCUT2D eigenvalue weighted by Crippen LogP contribution is -2.54. The van der Waals surface area contributed by atoms with E-state index in [-0.39, 0.29) is 22.5 Å². The van der Waals surface area contributed by atoms with Crippen LogP contribution in [-0.4, -0.2) is 57.7 Å². The lowest BCUT2D eigenvalue weighted by Gasteiger charge is -2.50. The van der Waals surface area contributed by atoms with Crippen molar-refractivity contribution in [1.82, 2.24) is 9.88 Å². The lowest BCUT2D eigenvalue weighted by atomic mass is 9.73. The molecule has 7 heteroatoms. The summed E-state index contributed by atoms with van der Waals surface area (Å²) in [6.45, 7) is 6.07. The van der Waals surface area contributed by atoms with Gasteiger partial charge in [0.2, 0.25) is 0 Å². The molecule has 3 saturated heterocycles. The number of fused-ring (bicyclic) bond motifs is 4. The lowest BCUT2D eigenvalue weighted by molar-refractivity contribution is -0.0444. The molecule has 3 aliphatic rings. The monoisotopic (exact) mass is 378 g/mol. The summed E-state index contributed by atoms with van der Waals surface area (Å²) < 4.78 is 5.35. The van der Waals surface area contributed by atoms with Crippen LogP contribution in [0.1, 0.15) is 24.5 Å². The van der Waals surface area contributed by atoms with Crippen molar-refractivity contribution in [2.75, 3.05) is 20.2 Å². The van der Waals surface area contributed by atoms with E-state index in [2.05, 4.69) is 22.5 Å². The molecule has 5 atom stereocenters. The SMILES string of the molecule is C=C[C@H]1CN2CCC1C[C@H]2[C@H](O)c1ccnc2ccc(OC)cc12.O.O.O.